The molecule has 2 aliphatic rings. The monoisotopic (exact) mass is 2090 g/mol. The molecule has 0 radical (unpaired) electrons. The molecule has 4 amide bonds. The molecule has 3 atom stereocenters. The normalized spacial score (nSPS) is 14.1. The highest BCUT2D eigenvalue weighted by Crippen LogP contribution is 2.41. The van der Waals surface area contributed by atoms with Crippen molar-refractivity contribution in [3.63, 3.8) is 0 Å². The number of imide groups is 1. The number of carbonyl (C=O) groups is 9. The highest BCUT2D eigenvalue weighted by molar-refractivity contribution is 7.93. The Hall–Kier alpha value is -13.5. The van der Waals surface area contributed by atoms with Gasteiger partial charge in [-0.1, -0.05) is 24.3 Å². The largest absolute Gasteiger partial charge is 0.504 e. The lowest BCUT2D eigenvalue weighted by molar-refractivity contribution is -0.134. The van der Waals surface area contributed by atoms with Gasteiger partial charge in [-0.3, -0.25) is 38.5 Å². The molecule has 1 unspecified atom stereocenters. The minimum absolute atomic E-state index is 0. The number of aliphatic carboxylic acids is 1. The van der Waals surface area contributed by atoms with Gasteiger partial charge in [0, 0.05) is 94.0 Å². The van der Waals surface area contributed by atoms with Crippen molar-refractivity contribution in [2.75, 3.05) is 147 Å². The number of nitrogens with two attached hydrogens (primary N) is 2. The van der Waals surface area contributed by atoms with Crippen LogP contribution in [0.4, 0.5) is 20.2 Å². The van der Waals surface area contributed by atoms with Gasteiger partial charge in [-0.25, -0.2) is 60.5 Å². The zero-order chi connectivity index (χ0) is 119. The SMILES string of the molecule is CC(=O)Nc1ccc(F)c2c1C(=O)OC2=O.CC(=O)O.CCOc1cc(/C=C/S(C)(=O)=O)ccc1OC.CCOc1cc(C=O)ccc1O.CS(C)(=O)=O.N.O.[2H]C([2H])([2H])Oc1ccc(C(N)CS(C)(=O)=O)cc1OCC.[2H]C([2H])([2H])Oc1ccc(C=O)cc1OCC.[2H]C([2H])([2H])Oc1ccc([C@@H](CS(C)(=O)=O)N2C(=O)c3c(F)ccc(NC(C)=O)c3C2=O)cc1OCC.[2H]C([2H])([2H])Oc1ccc([C@H](N)CS(C)(=O)=O)cc1OCC.[2H]OC([2H])([2H])[2H]. The van der Waals surface area contributed by atoms with Gasteiger partial charge in [-0.2, -0.15) is 0 Å². The average Bonchev–Trinajstić information content (AvgIpc) is 1.58. The minimum Gasteiger partial charge on any atom is -0.504 e. The summed E-state index contributed by atoms with van der Waals surface area (Å²) in [4.78, 5) is 102. The van der Waals surface area contributed by atoms with E-state index in [4.69, 9.17) is 95.5 Å². The summed E-state index contributed by atoms with van der Waals surface area (Å²) >= 11 is 0. The number of rotatable bonds is 33. The predicted molar refractivity (Wildman–Crippen MR) is 523 cm³/mol. The molecule has 14 N–H and O–H groups in total. The van der Waals surface area contributed by atoms with Gasteiger partial charge >= 0.3 is 11.9 Å². The van der Waals surface area contributed by atoms with Gasteiger partial charge in [0.25, 0.3) is 17.8 Å². The molecule has 2 aliphatic heterocycles. The molecular weight excluding hydrogens is 1950 g/mol. The first-order valence-electron chi connectivity index (χ1n) is 47.8. The number of carboxylic acid groups (broad SMARTS) is 1. The van der Waals surface area contributed by atoms with E-state index in [0.29, 0.717) is 90.0 Å². The van der Waals surface area contributed by atoms with E-state index >= 15 is 0 Å². The third kappa shape index (κ3) is 45.9. The van der Waals surface area contributed by atoms with Crippen LogP contribution < -0.4 is 80.4 Å². The van der Waals surface area contributed by atoms with Crippen LogP contribution in [0.5, 0.6) is 69.0 Å². The Kier molecular flexibility index (Phi) is 45.1. The molecule has 2 heterocycles. The van der Waals surface area contributed by atoms with Crippen molar-refractivity contribution in [3.8, 4) is 69.0 Å². The fraction of sp³-hybridized carbons (Fsp3) is 0.359. The predicted octanol–water partition coefficient (Wildman–Crippen LogP) is 10.3. The van der Waals surface area contributed by atoms with Crippen molar-refractivity contribution in [2.45, 2.75) is 80.4 Å². The number of aldehydes is 2. The second-order valence-electron chi connectivity index (χ2n) is 28.2. The summed E-state index contributed by atoms with van der Waals surface area (Å²) in [6.45, 7) is 16.1. The van der Waals surface area contributed by atoms with Gasteiger partial charge in [0.05, 0.1) is 141 Å². The van der Waals surface area contributed by atoms with Crippen molar-refractivity contribution in [2.24, 2.45) is 11.5 Å². The first-order valence-corrected chi connectivity index (χ1v) is 50.3. The van der Waals surface area contributed by atoms with Gasteiger partial charge in [0.15, 0.2) is 78.8 Å². The standard InChI is InChI=1S/C22H23FN2O7S.2C12H19NO4S.C12H16O4S.C10H6FNO4.C10H12O3.C9H10O3.C2H6O2S.C2H4O2.CH4O.H3N.H2O/c1-5-32-18-10-13(6-9-17(18)31-3)16(11-33(4,29)30)25-21(27)19-14(23)7-8-15(24-12(2)26)20(19)22(25)28;2*1-4-17-12-7-9(5-6-11(12)16-2)10(13)8-18(3,14)15;1-4-16-12-9-10(5-6-11(12)15-2)7-8-17(3,13)14;1-4(13)12-6-3-2-5(11)7-8(6)10(15)16-9(7)14;1-3-13-10-6-8(7-11)4-5-9(10)12-2;1-2-12-9-5-7(6-10)3-4-8(9)11;1-5(2,3)4;1-2(3)4;1-2;;/h6-10,16H,5,11H2,1-4H3,(H,24,26);2*5-7,10H,4,8,13H2,1-3H3;5-9H,4H2,1-3H3;2-3H,1H3,(H,12,13);4-7H,3H2,1-2H3;3-6,11H,2H2,1H3;1-2H3;1H3,(H,3,4);2H,1H3;1H3;1H2/b;;;8-7+;;;;;;;;/t16-;10-;;;;;;;;;;/m11........../s1/i3D3;2*2D3;;;2D3;;;;1D3,2D;;. The highest BCUT2D eigenvalue weighted by Gasteiger charge is 2.46. The molecule has 8 aromatic carbocycles. The van der Waals surface area contributed by atoms with Gasteiger partial charge in [0.2, 0.25) is 13.2 Å². The van der Waals surface area contributed by atoms with Crippen molar-refractivity contribution in [1.82, 2.24) is 11.1 Å². The number of cyclic esters (lactones) is 2. The molecule has 0 spiro atoms. The quantitative estimate of drug-likeness (QED) is 0.00820. The fourth-order valence-corrected chi connectivity index (χ4v) is 14.2. The van der Waals surface area contributed by atoms with Crippen molar-refractivity contribution < 1.29 is 192 Å². The van der Waals surface area contributed by atoms with E-state index in [2.05, 4.69) is 20.5 Å². The number of carbonyl (C=O) groups excluding carboxylic acids is 8. The second kappa shape index (κ2) is 62.5. The summed E-state index contributed by atoms with van der Waals surface area (Å²) in [7, 11) is -27.6. The van der Waals surface area contributed by atoms with Gasteiger partial charge in [0.1, 0.15) is 74.7 Å². The molecule has 0 saturated carbocycles. The molecule has 0 fully saturated rings. The number of anilines is 2. The number of phenols is 1. The molecule has 10 rings (SSSR count). The number of hydrogen-bond donors (Lipinski definition) is 8. The van der Waals surface area contributed by atoms with Crippen LogP contribution in [0.25, 0.3) is 6.08 Å². The van der Waals surface area contributed by atoms with E-state index in [1.165, 1.54) is 117 Å². The number of carboxylic acids is 1. The number of esters is 2. The van der Waals surface area contributed by atoms with E-state index in [0.717, 1.165) is 73.6 Å². The number of methoxy groups -OCH3 is 5. The number of benzene rings is 8. The molecule has 0 saturated heterocycles. The molecule has 0 aliphatic carbocycles. The Morgan fingerprint density at radius 2 is 0.764 bits per heavy atom. The Morgan fingerprint density at radius 3 is 1.11 bits per heavy atom. The molecule has 0 bridgehead atoms. The maximum absolute atomic E-state index is 14.7. The number of sulfone groups is 5. The first kappa shape index (κ1) is 101. The Balaban J connectivity index is 0. The summed E-state index contributed by atoms with van der Waals surface area (Å²) < 4.78 is 309. The zero-order valence-electron chi connectivity index (χ0n) is 94.7. The summed E-state index contributed by atoms with van der Waals surface area (Å²) in [6.07, 6.45) is 9.46. The molecule has 140 heavy (non-hydrogen) atoms. The van der Waals surface area contributed by atoms with Crippen molar-refractivity contribution in [3.05, 3.63) is 206 Å². The first-order chi connectivity index (χ1) is 70.6. The maximum Gasteiger partial charge on any atom is 0.349 e. The number of ether oxygens (including phenoxy) is 12. The zero-order valence-corrected chi connectivity index (χ0v) is 82.8. The lowest BCUT2D eigenvalue weighted by atomic mass is 10.1. The number of aromatic hydroxyl groups is 1. The third-order valence-electron chi connectivity index (χ3n) is 16.4. The van der Waals surface area contributed by atoms with E-state index in [1.807, 2.05) is 13.8 Å². The van der Waals surface area contributed by atoms with Crippen LogP contribution in [0.15, 0.2) is 139 Å². The molecule has 0 aromatic heterocycles. The highest BCUT2D eigenvalue weighted by atomic mass is 32.2. The van der Waals surface area contributed by atoms with E-state index < -0.39 is 178 Å². The van der Waals surface area contributed by atoms with Gasteiger partial charge in [-0.05, 0) is 179 Å². The van der Waals surface area contributed by atoms with Gasteiger partial charge in [-0.15, -0.1) is 0 Å². The van der Waals surface area contributed by atoms with Crippen LogP contribution in [0.2, 0.25) is 0 Å². The topological polar surface area (TPSA) is 642 Å². The second-order valence-corrected chi connectivity index (χ2v) is 39.0. The van der Waals surface area contributed by atoms with Crippen LogP contribution >= 0.6 is 0 Å². The van der Waals surface area contributed by atoms with Crippen LogP contribution in [0, 0.1) is 11.6 Å². The van der Waals surface area contributed by atoms with Crippen LogP contribution in [0.1, 0.15) is 185 Å². The average molecular weight is 2090 g/mol. The number of nitrogens with zero attached hydrogens (tertiary/aromatic N) is 1. The van der Waals surface area contributed by atoms with Crippen molar-refractivity contribution in [1.29, 1.82) is 1.43 Å². The van der Waals surface area contributed by atoms with E-state index in [9.17, 15) is 94.3 Å². The fourth-order valence-electron chi connectivity index (χ4n) is 11.2. The third-order valence-corrected chi connectivity index (χ3v) is 19.9. The number of hydrogen-bond acceptors (Lipinski definition) is 36. The number of fused-ring (bicyclic) bond motifs is 2. The molecule has 776 valence electrons. The molecule has 41 nitrogen and oxygen atoms in total. The van der Waals surface area contributed by atoms with Crippen molar-refractivity contribution >= 4 is 121 Å². The summed E-state index contributed by atoms with van der Waals surface area (Å²) in [6, 6.07) is 28.0. The number of nitrogens with one attached hydrogen (secondary N) is 2. The lowest BCUT2D eigenvalue weighted by Crippen LogP contribution is -2.38. The Bertz CT molecular complexity index is 6660. The Morgan fingerprint density at radius 1 is 0.457 bits per heavy atom. The molecule has 48 heteroatoms. The van der Waals surface area contributed by atoms with Crippen LogP contribution in [-0.2, 0) is 68.3 Å². The summed E-state index contributed by atoms with van der Waals surface area (Å²) in [5.74, 6) is -6.60. The minimum atomic E-state index is -3.82. The maximum atomic E-state index is 14.7. The number of aliphatic hydroxyl groups is 1. The van der Waals surface area contributed by atoms with E-state index in [1.54, 1.807) is 53.0 Å². The number of amides is 4. The van der Waals surface area contributed by atoms with Crippen LogP contribution in [-0.4, -0.2) is 260 Å². The van der Waals surface area contributed by atoms with Gasteiger partial charge < -0.3 is 106 Å². The lowest BCUT2D eigenvalue weighted by Gasteiger charge is -2.27. The van der Waals surface area contributed by atoms with Crippen LogP contribution in [0.3, 0.4) is 0 Å². The van der Waals surface area contributed by atoms with E-state index in [-0.39, 0.29) is 104 Å². The molecule has 8 aromatic rings. The number of phenolic OH excluding ortho intramolecular Hbond substituents is 1. The summed E-state index contributed by atoms with van der Waals surface area (Å²) in [5, 5.41) is 25.7. The number of halogens is 2. The molecular formula is C92H124F2N6O35S5. The summed E-state index contributed by atoms with van der Waals surface area (Å²) in [5.41, 5.74) is 12.8. The smallest absolute Gasteiger partial charge is 0.349 e. The Labute approximate surface area is 836 Å².